The predicted octanol–water partition coefficient (Wildman–Crippen LogP) is 0.506. The van der Waals surface area contributed by atoms with Crippen molar-refractivity contribution in [1.29, 1.82) is 0 Å². The van der Waals surface area contributed by atoms with Crippen LogP contribution in [0.4, 0.5) is 5.69 Å². The topological polar surface area (TPSA) is 102 Å². The standard InChI is InChI=1S/C5H5N3O.C5H6N2O2/c1-8-3-5(2-7-8)6-4-9;1-7-3-4(2-6-7)5(8)9/h2-3H,1H3;2-3H,1H3,(H,8,9). The summed E-state index contributed by atoms with van der Waals surface area (Å²) in [7, 11) is 3.43. The third-order valence-corrected chi connectivity index (χ3v) is 1.82. The van der Waals surface area contributed by atoms with Crippen LogP contribution in [-0.2, 0) is 18.9 Å². The van der Waals surface area contributed by atoms with Crippen LogP contribution in [0.25, 0.3) is 0 Å². The van der Waals surface area contributed by atoms with Gasteiger partial charge in [0, 0.05) is 20.3 Å². The molecule has 8 heteroatoms. The monoisotopic (exact) mass is 249 g/mol. The Morgan fingerprint density at radius 2 is 1.89 bits per heavy atom. The Hall–Kier alpha value is -2.73. The van der Waals surface area contributed by atoms with E-state index in [2.05, 4.69) is 15.2 Å². The molecule has 2 aromatic heterocycles. The highest BCUT2D eigenvalue weighted by atomic mass is 16.4. The van der Waals surface area contributed by atoms with Crippen molar-refractivity contribution in [2.24, 2.45) is 19.1 Å². The van der Waals surface area contributed by atoms with Crippen LogP contribution in [0.5, 0.6) is 0 Å². The van der Waals surface area contributed by atoms with Crippen LogP contribution >= 0.6 is 0 Å². The van der Waals surface area contributed by atoms with E-state index >= 15 is 0 Å². The van der Waals surface area contributed by atoms with Crippen LogP contribution in [0.15, 0.2) is 29.8 Å². The minimum atomic E-state index is -0.942. The van der Waals surface area contributed by atoms with Crippen molar-refractivity contribution < 1.29 is 14.7 Å². The summed E-state index contributed by atoms with van der Waals surface area (Å²) in [5, 5.41) is 15.8. The van der Waals surface area contributed by atoms with Crippen LogP contribution in [0.2, 0.25) is 0 Å². The van der Waals surface area contributed by atoms with Gasteiger partial charge in [0.2, 0.25) is 6.08 Å². The van der Waals surface area contributed by atoms with Gasteiger partial charge in [0.25, 0.3) is 0 Å². The van der Waals surface area contributed by atoms with E-state index in [9.17, 15) is 9.59 Å². The molecule has 94 valence electrons. The van der Waals surface area contributed by atoms with E-state index in [0.717, 1.165) is 0 Å². The maximum Gasteiger partial charge on any atom is 0.338 e. The van der Waals surface area contributed by atoms with Crippen molar-refractivity contribution in [2.75, 3.05) is 0 Å². The largest absolute Gasteiger partial charge is 0.478 e. The molecular weight excluding hydrogens is 238 g/mol. The molecule has 0 saturated carbocycles. The lowest BCUT2D eigenvalue weighted by Crippen LogP contribution is -1.92. The highest BCUT2D eigenvalue weighted by Crippen LogP contribution is 2.05. The predicted molar refractivity (Wildman–Crippen MR) is 61.2 cm³/mol. The summed E-state index contributed by atoms with van der Waals surface area (Å²) in [5.41, 5.74) is 0.755. The summed E-state index contributed by atoms with van der Waals surface area (Å²) < 4.78 is 3.01. The highest BCUT2D eigenvalue weighted by molar-refractivity contribution is 5.86. The molecule has 18 heavy (non-hydrogen) atoms. The van der Waals surface area contributed by atoms with Crippen LogP contribution in [-0.4, -0.2) is 36.7 Å². The quantitative estimate of drug-likeness (QED) is 0.617. The van der Waals surface area contributed by atoms with Gasteiger partial charge in [-0.25, -0.2) is 9.59 Å². The minimum Gasteiger partial charge on any atom is -0.478 e. The minimum absolute atomic E-state index is 0.220. The van der Waals surface area contributed by atoms with Gasteiger partial charge in [0.05, 0.1) is 24.2 Å². The second kappa shape index (κ2) is 6.12. The number of carbonyl (C=O) groups excluding carboxylic acids is 1. The Balaban J connectivity index is 0.000000180. The molecule has 8 nitrogen and oxygen atoms in total. The van der Waals surface area contributed by atoms with Gasteiger partial charge in [-0.1, -0.05) is 0 Å². The molecule has 0 aliphatic heterocycles. The lowest BCUT2D eigenvalue weighted by atomic mass is 10.4. The number of aromatic carboxylic acids is 1. The first-order valence-corrected chi connectivity index (χ1v) is 4.81. The van der Waals surface area contributed by atoms with Crippen LogP contribution < -0.4 is 0 Å². The van der Waals surface area contributed by atoms with E-state index in [-0.39, 0.29) is 5.56 Å². The molecule has 2 heterocycles. The smallest absolute Gasteiger partial charge is 0.338 e. The first-order valence-electron chi connectivity index (χ1n) is 4.81. The molecule has 0 fully saturated rings. The van der Waals surface area contributed by atoms with Gasteiger partial charge in [-0.2, -0.15) is 15.2 Å². The van der Waals surface area contributed by atoms with Crippen LogP contribution in [0.3, 0.4) is 0 Å². The third kappa shape index (κ3) is 4.03. The Morgan fingerprint density at radius 3 is 2.22 bits per heavy atom. The molecule has 0 unspecified atom stereocenters. The maximum atomic E-state index is 10.2. The van der Waals surface area contributed by atoms with Gasteiger partial charge < -0.3 is 5.11 Å². The zero-order chi connectivity index (χ0) is 13.5. The number of aliphatic imine (C=N–C) groups is 1. The Labute approximate surface area is 102 Å². The average molecular weight is 249 g/mol. The fourth-order valence-electron chi connectivity index (χ4n) is 1.05. The molecular formula is C10H11N5O3. The first kappa shape index (κ1) is 13.3. The van der Waals surface area contributed by atoms with Gasteiger partial charge >= 0.3 is 5.97 Å². The Kier molecular flexibility index (Phi) is 4.53. The van der Waals surface area contributed by atoms with E-state index in [4.69, 9.17) is 5.11 Å². The second-order valence-electron chi connectivity index (χ2n) is 3.28. The average Bonchev–Trinajstić information content (AvgIpc) is 2.89. The van der Waals surface area contributed by atoms with Gasteiger partial charge in [0.15, 0.2) is 0 Å². The van der Waals surface area contributed by atoms with E-state index < -0.39 is 5.97 Å². The van der Waals surface area contributed by atoms with Gasteiger partial charge in [-0.15, -0.1) is 0 Å². The number of hydrogen-bond donors (Lipinski definition) is 1. The molecule has 2 aromatic rings. The van der Waals surface area contributed by atoms with Gasteiger partial charge in [0.1, 0.15) is 5.69 Å². The molecule has 0 bridgehead atoms. The zero-order valence-electron chi connectivity index (χ0n) is 9.81. The fraction of sp³-hybridized carbons (Fsp3) is 0.200. The number of nitrogens with zero attached hydrogens (tertiary/aromatic N) is 5. The summed E-state index contributed by atoms with van der Waals surface area (Å²) in [6.07, 6.45) is 7.29. The molecule has 0 spiro atoms. The van der Waals surface area contributed by atoms with E-state index in [1.165, 1.54) is 29.4 Å². The Bertz CT molecular complexity index is 542. The van der Waals surface area contributed by atoms with Gasteiger partial charge in [-0.3, -0.25) is 9.36 Å². The van der Waals surface area contributed by atoms with Crippen molar-refractivity contribution in [1.82, 2.24) is 19.6 Å². The summed E-state index contributed by atoms with van der Waals surface area (Å²) in [5.74, 6) is -0.942. The van der Waals surface area contributed by atoms with Crippen molar-refractivity contribution in [3.8, 4) is 0 Å². The highest BCUT2D eigenvalue weighted by Gasteiger charge is 2.02. The normalized spacial score (nSPS) is 9.00. The fourth-order valence-corrected chi connectivity index (χ4v) is 1.05. The number of rotatable bonds is 2. The molecule has 0 aromatic carbocycles. The number of aryl methyl sites for hydroxylation is 2. The first-order chi connectivity index (χ1) is 8.52. The Morgan fingerprint density at radius 1 is 1.28 bits per heavy atom. The number of carboxylic acid groups (broad SMARTS) is 1. The number of isocyanates is 1. The molecule has 0 atom stereocenters. The summed E-state index contributed by atoms with van der Waals surface area (Å²) in [4.78, 5) is 23.2. The molecule has 0 aliphatic rings. The molecule has 0 aliphatic carbocycles. The molecule has 1 N–H and O–H groups in total. The third-order valence-electron chi connectivity index (χ3n) is 1.82. The molecule has 0 radical (unpaired) electrons. The molecule has 2 rings (SSSR count). The van der Waals surface area contributed by atoms with Crippen LogP contribution in [0.1, 0.15) is 10.4 Å². The lowest BCUT2D eigenvalue weighted by molar-refractivity contribution is 0.0697. The SMILES string of the molecule is Cn1cc(C(=O)O)cn1.Cn1cc(N=C=O)cn1. The van der Waals surface area contributed by atoms with Crippen molar-refractivity contribution >= 4 is 17.7 Å². The van der Waals surface area contributed by atoms with Crippen LogP contribution in [0, 0.1) is 0 Å². The number of aromatic nitrogens is 4. The lowest BCUT2D eigenvalue weighted by Gasteiger charge is -1.81. The van der Waals surface area contributed by atoms with Crippen molar-refractivity contribution in [3.05, 3.63) is 30.4 Å². The van der Waals surface area contributed by atoms with E-state index in [1.807, 2.05) is 0 Å². The number of carbonyl (C=O) groups is 1. The van der Waals surface area contributed by atoms with E-state index in [0.29, 0.717) is 5.69 Å². The second-order valence-corrected chi connectivity index (χ2v) is 3.28. The van der Waals surface area contributed by atoms with Crippen molar-refractivity contribution in [2.45, 2.75) is 0 Å². The van der Waals surface area contributed by atoms with E-state index in [1.54, 1.807) is 25.0 Å². The number of hydrogen-bond acceptors (Lipinski definition) is 5. The summed E-state index contributed by atoms with van der Waals surface area (Å²) >= 11 is 0. The molecule has 0 amide bonds. The summed E-state index contributed by atoms with van der Waals surface area (Å²) in [6, 6.07) is 0. The van der Waals surface area contributed by atoms with Crippen molar-refractivity contribution in [3.63, 3.8) is 0 Å². The summed E-state index contributed by atoms with van der Waals surface area (Å²) in [6.45, 7) is 0. The number of carboxylic acids is 1. The molecule has 0 saturated heterocycles. The maximum absolute atomic E-state index is 10.2. The van der Waals surface area contributed by atoms with Gasteiger partial charge in [-0.05, 0) is 0 Å². The zero-order valence-corrected chi connectivity index (χ0v) is 9.81.